The third-order valence-corrected chi connectivity index (χ3v) is 5.01. The summed E-state index contributed by atoms with van der Waals surface area (Å²) in [6.45, 7) is 5.60. The molecule has 1 fully saturated rings. The zero-order valence-corrected chi connectivity index (χ0v) is 12.4. The van der Waals surface area contributed by atoms with Crippen molar-refractivity contribution in [2.75, 3.05) is 11.9 Å². The van der Waals surface area contributed by atoms with Gasteiger partial charge < -0.3 is 10.6 Å². The van der Waals surface area contributed by atoms with Crippen LogP contribution in [0.15, 0.2) is 18.2 Å². The predicted octanol–water partition coefficient (Wildman–Crippen LogP) is 3.21. The lowest BCUT2D eigenvalue weighted by Crippen LogP contribution is -2.39. The molecule has 3 heteroatoms. The molecule has 20 heavy (non-hydrogen) atoms. The molecule has 1 aliphatic heterocycles. The molecule has 0 aromatic heterocycles. The minimum Gasteiger partial charge on any atom is -0.384 e. The van der Waals surface area contributed by atoms with E-state index < -0.39 is 0 Å². The van der Waals surface area contributed by atoms with Crippen LogP contribution in [0, 0.1) is 11.8 Å². The van der Waals surface area contributed by atoms with Crippen LogP contribution in [0.1, 0.15) is 49.0 Å². The van der Waals surface area contributed by atoms with E-state index in [9.17, 15) is 4.79 Å². The van der Waals surface area contributed by atoms with Gasteiger partial charge in [-0.15, -0.1) is 0 Å². The average molecular weight is 272 g/mol. The minimum absolute atomic E-state index is 0.0893. The number of nitrogens with one attached hydrogen (secondary N) is 2. The topological polar surface area (TPSA) is 41.1 Å². The number of fused-ring (bicyclic) bond motifs is 1. The summed E-state index contributed by atoms with van der Waals surface area (Å²) in [5.74, 6) is 1.58. The van der Waals surface area contributed by atoms with Gasteiger partial charge in [-0.3, -0.25) is 4.79 Å². The standard InChI is InChI=1S/C17H24N2O/c1-11-3-5-15(9-12(11)2)19-17(20)14-4-6-16-13(10-14)7-8-18-16/h4,6,10-12,15,18H,3,5,7-9H2,1-2H3,(H,19,20). The molecular formula is C17H24N2O. The molecule has 1 amide bonds. The van der Waals surface area contributed by atoms with Crippen molar-refractivity contribution in [3.8, 4) is 0 Å². The molecule has 2 aliphatic rings. The van der Waals surface area contributed by atoms with Gasteiger partial charge in [-0.25, -0.2) is 0 Å². The first-order valence-electron chi connectivity index (χ1n) is 7.81. The zero-order chi connectivity index (χ0) is 14.1. The van der Waals surface area contributed by atoms with Crippen molar-refractivity contribution in [1.29, 1.82) is 0 Å². The van der Waals surface area contributed by atoms with Crippen molar-refractivity contribution in [3.63, 3.8) is 0 Å². The lowest BCUT2D eigenvalue weighted by atomic mass is 9.79. The summed E-state index contributed by atoms with van der Waals surface area (Å²) < 4.78 is 0. The predicted molar refractivity (Wildman–Crippen MR) is 82.1 cm³/mol. The number of hydrogen-bond donors (Lipinski definition) is 2. The first-order valence-corrected chi connectivity index (χ1v) is 7.81. The number of anilines is 1. The van der Waals surface area contributed by atoms with Gasteiger partial charge in [0, 0.05) is 23.8 Å². The van der Waals surface area contributed by atoms with E-state index in [4.69, 9.17) is 0 Å². The zero-order valence-electron chi connectivity index (χ0n) is 12.4. The second-order valence-electron chi connectivity index (χ2n) is 6.49. The summed E-state index contributed by atoms with van der Waals surface area (Å²) in [7, 11) is 0. The largest absolute Gasteiger partial charge is 0.384 e. The number of rotatable bonds is 2. The van der Waals surface area contributed by atoms with Gasteiger partial charge >= 0.3 is 0 Å². The first-order chi connectivity index (χ1) is 9.63. The summed E-state index contributed by atoms with van der Waals surface area (Å²) in [5.41, 5.74) is 3.25. The summed E-state index contributed by atoms with van der Waals surface area (Å²) in [6, 6.07) is 6.35. The van der Waals surface area contributed by atoms with E-state index in [-0.39, 0.29) is 5.91 Å². The molecule has 0 bridgehead atoms. The van der Waals surface area contributed by atoms with Crippen LogP contribution < -0.4 is 10.6 Å². The van der Waals surface area contributed by atoms with Gasteiger partial charge in [0.25, 0.3) is 5.91 Å². The molecule has 1 aromatic carbocycles. The number of amides is 1. The van der Waals surface area contributed by atoms with Gasteiger partial charge in [0.05, 0.1) is 0 Å². The highest BCUT2D eigenvalue weighted by Crippen LogP contribution is 2.29. The second kappa shape index (κ2) is 5.47. The molecule has 0 spiro atoms. The molecule has 3 unspecified atom stereocenters. The normalized spacial score (nSPS) is 28.6. The van der Waals surface area contributed by atoms with Gasteiger partial charge in [-0.2, -0.15) is 0 Å². The molecule has 1 heterocycles. The van der Waals surface area contributed by atoms with E-state index >= 15 is 0 Å². The summed E-state index contributed by atoms with van der Waals surface area (Å²) in [6.07, 6.45) is 4.47. The molecule has 1 saturated carbocycles. The van der Waals surface area contributed by atoms with Crippen molar-refractivity contribution < 1.29 is 4.79 Å². The molecule has 1 aromatic rings. The van der Waals surface area contributed by atoms with E-state index in [1.807, 2.05) is 18.2 Å². The van der Waals surface area contributed by atoms with E-state index in [2.05, 4.69) is 24.5 Å². The Morgan fingerprint density at radius 1 is 1.25 bits per heavy atom. The Kier molecular flexibility index (Phi) is 3.68. The van der Waals surface area contributed by atoms with Crippen molar-refractivity contribution >= 4 is 11.6 Å². The average Bonchev–Trinajstić information content (AvgIpc) is 2.90. The van der Waals surface area contributed by atoms with Crippen LogP contribution in [0.2, 0.25) is 0 Å². The monoisotopic (exact) mass is 272 g/mol. The maximum atomic E-state index is 12.4. The van der Waals surface area contributed by atoms with Crippen LogP contribution in [0.3, 0.4) is 0 Å². The maximum absolute atomic E-state index is 12.4. The van der Waals surface area contributed by atoms with Crippen molar-refractivity contribution in [2.24, 2.45) is 11.8 Å². The Labute approximate surface area is 121 Å². The van der Waals surface area contributed by atoms with Crippen LogP contribution in [-0.2, 0) is 6.42 Å². The molecular weight excluding hydrogens is 248 g/mol. The van der Waals surface area contributed by atoms with E-state index in [1.54, 1.807) is 0 Å². The number of carbonyl (C=O) groups excluding carboxylic acids is 1. The van der Waals surface area contributed by atoms with Crippen molar-refractivity contribution in [2.45, 2.75) is 45.6 Å². The minimum atomic E-state index is 0.0893. The number of benzene rings is 1. The fourth-order valence-corrected chi connectivity index (χ4v) is 3.39. The van der Waals surface area contributed by atoms with Crippen LogP contribution >= 0.6 is 0 Å². The number of hydrogen-bond acceptors (Lipinski definition) is 2. The van der Waals surface area contributed by atoms with Crippen LogP contribution in [0.4, 0.5) is 5.69 Å². The SMILES string of the molecule is CC1CCC(NC(=O)c2ccc3c(c2)CCN3)CC1C. The fraction of sp³-hybridized carbons (Fsp3) is 0.588. The lowest BCUT2D eigenvalue weighted by molar-refractivity contribution is 0.0910. The van der Waals surface area contributed by atoms with Gasteiger partial charge in [0.1, 0.15) is 0 Å². The summed E-state index contributed by atoms with van der Waals surface area (Å²) in [4.78, 5) is 12.4. The Bertz CT molecular complexity index is 512. The number of carbonyl (C=O) groups is 1. The van der Waals surface area contributed by atoms with Crippen molar-refractivity contribution in [1.82, 2.24) is 5.32 Å². The molecule has 1 aliphatic carbocycles. The molecule has 108 valence electrons. The van der Waals surface area contributed by atoms with Gasteiger partial charge in [0.2, 0.25) is 0 Å². The van der Waals surface area contributed by atoms with Crippen molar-refractivity contribution in [3.05, 3.63) is 29.3 Å². The Morgan fingerprint density at radius 3 is 2.90 bits per heavy atom. The van der Waals surface area contributed by atoms with Crippen LogP contribution in [-0.4, -0.2) is 18.5 Å². The third-order valence-electron chi connectivity index (χ3n) is 5.01. The summed E-state index contributed by atoms with van der Waals surface area (Å²) in [5, 5.41) is 6.54. The summed E-state index contributed by atoms with van der Waals surface area (Å²) >= 11 is 0. The van der Waals surface area contributed by atoms with E-state index in [1.165, 1.54) is 17.7 Å². The smallest absolute Gasteiger partial charge is 0.251 e. The first kappa shape index (κ1) is 13.5. The Morgan fingerprint density at radius 2 is 2.10 bits per heavy atom. The Hall–Kier alpha value is -1.51. The highest BCUT2D eigenvalue weighted by Gasteiger charge is 2.26. The lowest BCUT2D eigenvalue weighted by Gasteiger charge is -2.32. The van der Waals surface area contributed by atoms with Gasteiger partial charge in [0.15, 0.2) is 0 Å². The quantitative estimate of drug-likeness (QED) is 0.868. The highest BCUT2D eigenvalue weighted by atomic mass is 16.1. The molecule has 2 N–H and O–H groups in total. The molecule has 3 nitrogen and oxygen atoms in total. The Balaban J connectivity index is 1.65. The van der Waals surface area contributed by atoms with Crippen LogP contribution in [0.5, 0.6) is 0 Å². The van der Waals surface area contributed by atoms with E-state index in [0.717, 1.165) is 37.3 Å². The highest BCUT2D eigenvalue weighted by molar-refractivity contribution is 5.95. The third kappa shape index (κ3) is 2.67. The van der Waals surface area contributed by atoms with E-state index in [0.29, 0.717) is 12.0 Å². The molecule has 3 atom stereocenters. The van der Waals surface area contributed by atoms with Crippen LogP contribution in [0.25, 0.3) is 0 Å². The van der Waals surface area contributed by atoms with Gasteiger partial charge in [-0.1, -0.05) is 13.8 Å². The molecule has 0 saturated heterocycles. The second-order valence-corrected chi connectivity index (χ2v) is 6.49. The maximum Gasteiger partial charge on any atom is 0.251 e. The molecule has 3 rings (SSSR count). The molecule has 0 radical (unpaired) electrons. The fourth-order valence-electron chi connectivity index (χ4n) is 3.39. The van der Waals surface area contributed by atoms with Gasteiger partial charge in [-0.05, 0) is 61.3 Å².